The quantitative estimate of drug-likeness (QED) is 0.880. The first kappa shape index (κ1) is 11.2. The molecular weight excluding hydrogens is 220 g/mol. The van der Waals surface area contributed by atoms with Gasteiger partial charge in [0.05, 0.1) is 11.9 Å². The SMILES string of the molecule is CC(C)NCc1csc(-c2cnccn2)n1. The number of nitrogens with one attached hydrogen (secondary N) is 1. The normalized spacial score (nSPS) is 10.9. The van der Waals surface area contributed by atoms with Gasteiger partial charge in [-0.1, -0.05) is 13.8 Å². The summed E-state index contributed by atoms with van der Waals surface area (Å²) in [4.78, 5) is 12.8. The highest BCUT2D eigenvalue weighted by Gasteiger charge is 2.05. The zero-order valence-electron chi connectivity index (χ0n) is 9.34. The average Bonchev–Trinajstić information content (AvgIpc) is 2.76. The third-order valence-corrected chi connectivity index (χ3v) is 2.94. The maximum absolute atomic E-state index is 4.51. The minimum absolute atomic E-state index is 0.474. The van der Waals surface area contributed by atoms with Gasteiger partial charge in [0.15, 0.2) is 0 Å². The van der Waals surface area contributed by atoms with E-state index in [0.717, 1.165) is 22.9 Å². The summed E-state index contributed by atoms with van der Waals surface area (Å²) < 4.78 is 0. The third kappa shape index (κ3) is 2.84. The van der Waals surface area contributed by atoms with E-state index in [9.17, 15) is 0 Å². The summed E-state index contributed by atoms with van der Waals surface area (Å²) in [6.45, 7) is 5.04. The smallest absolute Gasteiger partial charge is 0.143 e. The first-order valence-electron chi connectivity index (χ1n) is 5.20. The lowest BCUT2D eigenvalue weighted by Gasteiger charge is -2.04. The molecule has 2 aromatic rings. The van der Waals surface area contributed by atoms with Crippen molar-refractivity contribution in [3.8, 4) is 10.7 Å². The Morgan fingerprint density at radius 1 is 1.38 bits per heavy atom. The van der Waals surface area contributed by atoms with Gasteiger partial charge in [0.25, 0.3) is 0 Å². The Hall–Kier alpha value is -1.33. The zero-order valence-corrected chi connectivity index (χ0v) is 10.2. The molecule has 0 aliphatic heterocycles. The molecule has 4 nitrogen and oxygen atoms in total. The summed E-state index contributed by atoms with van der Waals surface area (Å²) in [5, 5.41) is 6.31. The summed E-state index contributed by atoms with van der Waals surface area (Å²) in [6, 6.07) is 0.474. The molecule has 0 fully saturated rings. The number of rotatable bonds is 4. The number of thiazole rings is 1. The molecule has 0 spiro atoms. The van der Waals surface area contributed by atoms with Crippen molar-refractivity contribution in [2.45, 2.75) is 26.4 Å². The third-order valence-electron chi connectivity index (χ3n) is 2.03. The Labute approximate surface area is 98.8 Å². The molecule has 0 aromatic carbocycles. The maximum atomic E-state index is 4.51. The largest absolute Gasteiger partial charge is 0.309 e. The van der Waals surface area contributed by atoms with Gasteiger partial charge in [0.1, 0.15) is 10.7 Å². The molecule has 84 valence electrons. The zero-order chi connectivity index (χ0) is 11.4. The van der Waals surface area contributed by atoms with Gasteiger partial charge in [-0.2, -0.15) is 0 Å². The molecule has 0 radical (unpaired) electrons. The van der Waals surface area contributed by atoms with Gasteiger partial charge in [0, 0.05) is 30.4 Å². The van der Waals surface area contributed by atoms with Crippen molar-refractivity contribution in [1.82, 2.24) is 20.3 Å². The maximum Gasteiger partial charge on any atom is 0.143 e. The monoisotopic (exact) mass is 234 g/mol. The molecule has 0 unspecified atom stereocenters. The van der Waals surface area contributed by atoms with Crippen LogP contribution in [-0.4, -0.2) is 21.0 Å². The van der Waals surface area contributed by atoms with E-state index < -0.39 is 0 Å². The van der Waals surface area contributed by atoms with Crippen LogP contribution in [0.3, 0.4) is 0 Å². The van der Waals surface area contributed by atoms with E-state index in [1.165, 1.54) is 0 Å². The fourth-order valence-electron chi connectivity index (χ4n) is 1.22. The van der Waals surface area contributed by atoms with Gasteiger partial charge < -0.3 is 5.32 Å². The number of hydrogen-bond acceptors (Lipinski definition) is 5. The van der Waals surface area contributed by atoms with Crippen molar-refractivity contribution in [1.29, 1.82) is 0 Å². The Kier molecular flexibility index (Phi) is 3.58. The van der Waals surface area contributed by atoms with Gasteiger partial charge in [-0.3, -0.25) is 9.97 Å². The summed E-state index contributed by atoms with van der Waals surface area (Å²) in [6.07, 6.45) is 5.08. The van der Waals surface area contributed by atoms with Gasteiger partial charge in [-0.15, -0.1) is 11.3 Å². The van der Waals surface area contributed by atoms with E-state index in [-0.39, 0.29) is 0 Å². The molecule has 16 heavy (non-hydrogen) atoms. The Balaban J connectivity index is 2.08. The molecule has 0 saturated heterocycles. The summed E-state index contributed by atoms with van der Waals surface area (Å²) in [5.41, 5.74) is 1.89. The molecule has 0 bridgehead atoms. The van der Waals surface area contributed by atoms with Crippen molar-refractivity contribution in [3.05, 3.63) is 29.7 Å². The second-order valence-corrected chi connectivity index (χ2v) is 4.63. The summed E-state index contributed by atoms with van der Waals surface area (Å²) >= 11 is 1.60. The standard InChI is InChI=1S/C11H14N4S/c1-8(2)14-5-9-7-16-11(15-9)10-6-12-3-4-13-10/h3-4,6-8,14H,5H2,1-2H3. The van der Waals surface area contributed by atoms with Crippen LogP contribution in [0.2, 0.25) is 0 Å². The number of aromatic nitrogens is 3. The molecule has 0 amide bonds. The van der Waals surface area contributed by atoms with Crippen LogP contribution < -0.4 is 5.32 Å². The van der Waals surface area contributed by atoms with Crippen LogP contribution in [0.1, 0.15) is 19.5 Å². The van der Waals surface area contributed by atoms with E-state index in [2.05, 4.69) is 39.5 Å². The Morgan fingerprint density at radius 2 is 2.25 bits per heavy atom. The highest BCUT2D eigenvalue weighted by atomic mass is 32.1. The van der Waals surface area contributed by atoms with Crippen molar-refractivity contribution in [2.75, 3.05) is 0 Å². The topological polar surface area (TPSA) is 50.7 Å². The second-order valence-electron chi connectivity index (χ2n) is 3.77. The van der Waals surface area contributed by atoms with Crippen LogP contribution in [-0.2, 0) is 6.54 Å². The predicted octanol–water partition coefficient (Wildman–Crippen LogP) is 2.10. The van der Waals surface area contributed by atoms with Gasteiger partial charge >= 0.3 is 0 Å². The van der Waals surface area contributed by atoms with E-state index in [0.29, 0.717) is 6.04 Å². The van der Waals surface area contributed by atoms with Gasteiger partial charge in [-0.05, 0) is 0 Å². The summed E-state index contributed by atoms with van der Waals surface area (Å²) in [5.74, 6) is 0. The van der Waals surface area contributed by atoms with Gasteiger partial charge in [-0.25, -0.2) is 4.98 Å². The highest BCUT2D eigenvalue weighted by molar-refractivity contribution is 7.13. The fraction of sp³-hybridized carbons (Fsp3) is 0.364. The number of nitrogens with zero attached hydrogens (tertiary/aromatic N) is 3. The summed E-state index contributed by atoms with van der Waals surface area (Å²) in [7, 11) is 0. The van der Waals surface area contributed by atoms with E-state index in [1.54, 1.807) is 29.9 Å². The van der Waals surface area contributed by atoms with Crippen molar-refractivity contribution < 1.29 is 0 Å². The Bertz CT molecular complexity index is 438. The lowest BCUT2D eigenvalue weighted by Crippen LogP contribution is -2.21. The lowest BCUT2D eigenvalue weighted by atomic mass is 10.3. The number of hydrogen-bond donors (Lipinski definition) is 1. The molecule has 0 aliphatic carbocycles. The van der Waals surface area contributed by atoms with E-state index in [1.807, 2.05) is 0 Å². The predicted molar refractivity (Wildman–Crippen MR) is 65.1 cm³/mol. The molecule has 0 saturated carbocycles. The molecule has 2 heterocycles. The van der Waals surface area contributed by atoms with Gasteiger partial charge in [0.2, 0.25) is 0 Å². The van der Waals surface area contributed by atoms with Crippen LogP contribution in [0.25, 0.3) is 10.7 Å². The van der Waals surface area contributed by atoms with Crippen molar-refractivity contribution >= 4 is 11.3 Å². The minimum atomic E-state index is 0.474. The molecule has 0 atom stereocenters. The van der Waals surface area contributed by atoms with Crippen molar-refractivity contribution in [2.24, 2.45) is 0 Å². The molecule has 2 rings (SSSR count). The van der Waals surface area contributed by atoms with Crippen molar-refractivity contribution in [3.63, 3.8) is 0 Å². The first-order valence-corrected chi connectivity index (χ1v) is 6.08. The minimum Gasteiger partial charge on any atom is -0.309 e. The second kappa shape index (κ2) is 5.14. The molecule has 1 N–H and O–H groups in total. The van der Waals surface area contributed by atoms with E-state index in [4.69, 9.17) is 0 Å². The molecule has 2 aromatic heterocycles. The van der Waals surface area contributed by atoms with Crippen LogP contribution in [0.4, 0.5) is 0 Å². The Morgan fingerprint density at radius 3 is 2.94 bits per heavy atom. The van der Waals surface area contributed by atoms with Crippen LogP contribution >= 0.6 is 11.3 Å². The highest BCUT2D eigenvalue weighted by Crippen LogP contribution is 2.20. The average molecular weight is 234 g/mol. The fourth-order valence-corrected chi connectivity index (χ4v) is 2.00. The molecule has 5 heteroatoms. The lowest BCUT2D eigenvalue weighted by molar-refractivity contribution is 0.583. The molecule has 0 aliphatic rings. The van der Waals surface area contributed by atoms with Crippen LogP contribution in [0.15, 0.2) is 24.0 Å². The van der Waals surface area contributed by atoms with Crippen LogP contribution in [0.5, 0.6) is 0 Å². The molecular formula is C11H14N4S. The van der Waals surface area contributed by atoms with E-state index >= 15 is 0 Å². The van der Waals surface area contributed by atoms with Crippen LogP contribution in [0, 0.1) is 0 Å². The first-order chi connectivity index (χ1) is 7.75.